The molecule has 10 heavy (non-hydrogen) atoms. The van der Waals surface area contributed by atoms with E-state index in [2.05, 4.69) is 0 Å². The third-order valence-corrected chi connectivity index (χ3v) is 1.18. The van der Waals surface area contributed by atoms with Crippen molar-refractivity contribution in [2.45, 2.75) is 26.7 Å². The SMILES string of the molecule is CCO/C=C(/C)CCCO. The van der Waals surface area contributed by atoms with Gasteiger partial charge in [0.25, 0.3) is 0 Å². The highest BCUT2D eigenvalue weighted by molar-refractivity contribution is 4.92. The smallest absolute Gasteiger partial charge is 0.0845 e. The fourth-order valence-electron chi connectivity index (χ4n) is 0.642. The maximum absolute atomic E-state index is 8.47. The van der Waals surface area contributed by atoms with E-state index in [9.17, 15) is 0 Å². The lowest BCUT2D eigenvalue weighted by Gasteiger charge is -1.98. The minimum Gasteiger partial charge on any atom is -0.502 e. The summed E-state index contributed by atoms with van der Waals surface area (Å²) in [7, 11) is 0. The summed E-state index contributed by atoms with van der Waals surface area (Å²) < 4.78 is 5.05. The standard InChI is InChI=1S/C8H16O2/c1-3-10-7-8(2)5-4-6-9/h7,9H,3-6H2,1-2H3/b8-7-. The van der Waals surface area contributed by atoms with Gasteiger partial charge in [0.1, 0.15) is 0 Å². The van der Waals surface area contributed by atoms with Crippen molar-refractivity contribution in [3.05, 3.63) is 11.8 Å². The lowest BCUT2D eigenvalue weighted by Crippen LogP contribution is -1.86. The van der Waals surface area contributed by atoms with Crippen molar-refractivity contribution in [1.82, 2.24) is 0 Å². The van der Waals surface area contributed by atoms with Gasteiger partial charge in [-0.3, -0.25) is 0 Å². The van der Waals surface area contributed by atoms with Gasteiger partial charge in [0.2, 0.25) is 0 Å². The van der Waals surface area contributed by atoms with Gasteiger partial charge in [-0.15, -0.1) is 0 Å². The molecule has 0 aliphatic carbocycles. The largest absolute Gasteiger partial charge is 0.502 e. The fraction of sp³-hybridized carbons (Fsp3) is 0.750. The van der Waals surface area contributed by atoms with E-state index in [4.69, 9.17) is 9.84 Å². The van der Waals surface area contributed by atoms with E-state index in [1.165, 1.54) is 5.57 Å². The molecule has 0 aliphatic heterocycles. The van der Waals surface area contributed by atoms with Gasteiger partial charge >= 0.3 is 0 Å². The van der Waals surface area contributed by atoms with E-state index < -0.39 is 0 Å². The maximum Gasteiger partial charge on any atom is 0.0845 e. The second-order valence-corrected chi connectivity index (χ2v) is 2.25. The van der Waals surface area contributed by atoms with Gasteiger partial charge < -0.3 is 9.84 Å². The average molecular weight is 144 g/mol. The van der Waals surface area contributed by atoms with Crippen LogP contribution in [0.3, 0.4) is 0 Å². The molecule has 2 heteroatoms. The number of aliphatic hydroxyl groups excluding tert-OH is 1. The summed E-state index contributed by atoms with van der Waals surface area (Å²) in [6.07, 6.45) is 3.52. The molecular weight excluding hydrogens is 128 g/mol. The lowest BCUT2D eigenvalue weighted by molar-refractivity contribution is 0.262. The van der Waals surface area contributed by atoms with E-state index in [1.54, 1.807) is 6.26 Å². The molecule has 0 aromatic carbocycles. The van der Waals surface area contributed by atoms with Crippen LogP contribution in [0.5, 0.6) is 0 Å². The Morgan fingerprint density at radius 1 is 1.60 bits per heavy atom. The predicted molar refractivity (Wildman–Crippen MR) is 41.7 cm³/mol. The first-order valence-electron chi connectivity index (χ1n) is 3.69. The molecule has 0 saturated heterocycles. The number of hydrogen-bond acceptors (Lipinski definition) is 2. The Balaban J connectivity index is 3.30. The lowest BCUT2D eigenvalue weighted by atomic mass is 10.2. The third-order valence-electron chi connectivity index (χ3n) is 1.18. The van der Waals surface area contributed by atoms with Gasteiger partial charge in [-0.1, -0.05) is 0 Å². The van der Waals surface area contributed by atoms with E-state index in [1.807, 2.05) is 13.8 Å². The van der Waals surface area contributed by atoms with Crippen LogP contribution in [-0.4, -0.2) is 18.3 Å². The zero-order valence-electron chi connectivity index (χ0n) is 6.76. The molecule has 0 rings (SSSR count). The van der Waals surface area contributed by atoms with Crippen LogP contribution in [0.1, 0.15) is 26.7 Å². The number of aliphatic hydroxyl groups is 1. The van der Waals surface area contributed by atoms with Crippen LogP contribution in [0, 0.1) is 0 Å². The Labute approximate surface area is 62.5 Å². The molecule has 0 amide bonds. The summed E-state index contributed by atoms with van der Waals surface area (Å²) in [4.78, 5) is 0. The Bertz CT molecular complexity index is 97.4. The van der Waals surface area contributed by atoms with E-state index >= 15 is 0 Å². The summed E-state index contributed by atoms with van der Waals surface area (Å²) in [5.41, 5.74) is 1.19. The van der Waals surface area contributed by atoms with Gasteiger partial charge in [0, 0.05) is 6.61 Å². The number of hydrogen-bond donors (Lipinski definition) is 1. The molecule has 1 N–H and O–H groups in total. The molecule has 60 valence electrons. The normalized spacial score (nSPS) is 11.7. The number of rotatable bonds is 5. The maximum atomic E-state index is 8.47. The molecule has 0 spiro atoms. The quantitative estimate of drug-likeness (QED) is 0.595. The number of ether oxygens (including phenoxy) is 1. The van der Waals surface area contributed by atoms with Gasteiger partial charge in [0.05, 0.1) is 12.9 Å². The molecule has 0 fully saturated rings. The van der Waals surface area contributed by atoms with Crippen LogP contribution in [0.15, 0.2) is 11.8 Å². The first-order valence-corrected chi connectivity index (χ1v) is 3.69. The van der Waals surface area contributed by atoms with Crippen LogP contribution in [0.2, 0.25) is 0 Å². The van der Waals surface area contributed by atoms with Crippen molar-refractivity contribution in [2.24, 2.45) is 0 Å². The Hall–Kier alpha value is -0.500. The first kappa shape index (κ1) is 9.50. The zero-order chi connectivity index (χ0) is 7.82. The predicted octanol–water partition coefficient (Wildman–Crippen LogP) is 1.70. The van der Waals surface area contributed by atoms with Gasteiger partial charge in [0.15, 0.2) is 0 Å². The first-order chi connectivity index (χ1) is 4.81. The summed E-state index contributed by atoms with van der Waals surface area (Å²) in [5.74, 6) is 0. The fourth-order valence-corrected chi connectivity index (χ4v) is 0.642. The highest BCUT2D eigenvalue weighted by Gasteiger charge is 1.88. The van der Waals surface area contributed by atoms with Crippen molar-refractivity contribution in [1.29, 1.82) is 0 Å². The molecule has 0 aromatic heterocycles. The van der Waals surface area contributed by atoms with Crippen LogP contribution < -0.4 is 0 Å². The second kappa shape index (κ2) is 6.62. The van der Waals surface area contributed by atoms with E-state index in [0.29, 0.717) is 0 Å². The second-order valence-electron chi connectivity index (χ2n) is 2.25. The molecule has 0 bridgehead atoms. The van der Waals surface area contributed by atoms with Crippen molar-refractivity contribution in [3.8, 4) is 0 Å². The van der Waals surface area contributed by atoms with Crippen LogP contribution in [0.4, 0.5) is 0 Å². The molecule has 0 aliphatic rings. The highest BCUT2D eigenvalue weighted by Crippen LogP contribution is 2.02. The van der Waals surface area contributed by atoms with Crippen LogP contribution in [0.25, 0.3) is 0 Å². The van der Waals surface area contributed by atoms with Gasteiger partial charge in [-0.05, 0) is 32.3 Å². The van der Waals surface area contributed by atoms with E-state index in [0.717, 1.165) is 19.4 Å². The van der Waals surface area contributed by atoms with Gasteiger partial charge in [-0.25, -0.2) is 0 Å². The average Bonchev–Trinajstić information content (AvgIpc) is 1.97. The van der Waals surface area contributed by atoms with Crippen molar-refractivity contribution in [3.63, 3.8) is 0 Å². The molecule has 0 saturated carbocycles. The Morgan fingerprint density at radius 2 is 2.30 bits per heavy atom. The monoisotopic (exact) mass is 144 g/mol. The molecule has 0 radical (unpaired) electrons. The van der Waals surface area contributed by atoms with E-state index in [-0.39, 0.29) is 6.61 Å². The third kappa shape index (κ3) is 5.63. The molecule has 0 atom stereocenters. The van der Waals surface area contributed by atoms with Gasteiger partial charge in [-0.2, -0.15) is 0 Å². The summed E-state index contributed by atoms with van der Waals surface area (Å²) >= 11 is 0. The van der Waals surface area contributed by atoms with Crippen LogP contribution >= 0.6 is 0 Å². The summed E-state index contributed by atoms with van der Waals surface area (Å²) in [6.45, 7) is 4.94. The molecule has 0 unspecified atom stereocenters. The van der Waals surface area contributed by atoms with Crippen molar-refractivity contribution in [2.75, 3.05) is 13.2 Å². The molecule has 0 aromatic rings. The number of allylic oxidation sites excluding steroid dienone is 1. The van der Waals surface area contributed by atoms with Crippen molar-refractivity contribution < 1.29 is 9.84 Å². The molecule has 2 nitrogen and oxygen atoms in total. The Morgan fingerprint density at radius 3 is 2.80 bits per heavy atom. The van der Waals surface area contributed by atoms with Crippen molar-refractivity contribution >= 4 is 0 Å². The summed E-state index contributed by atoms with van der Waals surface area (Å²) in [5, 5.41) is 8.47. The minimum absolute atomic E-state index is 0.261. The minimum atomic E-state index is 0.261. The Kier molecular flexibility index (Phi) is 6.29. The topological polar surface area (TPSA) is 29.5 Å². The molecule has 0 heterocycles. The van der Waals surface area contributed by atoms with Crippen LogP contribution in [-0.2, 0) is 4.74 Å². The summed E-state index contributed by atoms with van der Waals surface area (Å²) in [6, 6.07) is 0. The molecular formula is C8H16O2. The zero-order valence-corrected chi connectivity index (χ0v) is 6.76. The highest BCUT2D eigenvalue weighted by atomic mass is 16.5.